The Hall–Kier alpha value is -3.29. The Balaban J connectivity index is 1.91. The fourth-order valence-electron chi connectivity index (χ4n) is 3.27. The molecular formula is C20H18F2N2O4. The Labute approximate surface area is 160 Å². The topological polar surface area (TPSA) is 75.7 Å². The van der Waals surface area contributed by atoms with Gasteiger partial charge in [-0.2, -0.15) is 0 Å². The van der Waals surface area contributed by atoms with Crippen molar-refractivity contribution in [2.45, 2.75) is 18.9 Å². The highest BCUT2D eigenvalue weighted by atomic mass is 19.1. The Kier molecular flexibility index (Phi) is 5.13. The molecule has 146 valence electrons. The average molecular weight is 388 g/mol. The number of carbonyl (C=O) groups is 3. The molecule has 1 aliphatic heterocycles. The Morgan fingerprint density at radius 2 is 1.75 bits per heavy atom. The lowest BCUT2D eigenvalue weighted by atomic mass is 9.87. The van der Waals surface area contributed by atoms with Gasteiger partial charge in [-0.05, 0) is 42.3 Å². The minimum absolute atomic E-state index is 0.0705. The Morgan fingerprint density at radius 3 is 2.36 bits per heavy atom. The first kappa shape index (κ1) is 19.5. The predicted octanol–water partition coefficient (Wildman–Crippen LogP) is 3.01. The molecule has 1 aliphatic rings. The van der Waals surface area contributed by atoms with Crippen LogP contribution in [0, 0.1) is 11.6 Å². The van der Waals surface area contributed by atoms with Gasteiger partial charge in [0.25, 0.3) is 5.91 Å². The largest absolute Gasteiger partial charge is 0.496 e. The molecule has 0 spiro atoms. The third kappa shape index (κ3) is 3.21. The molecule has 1 fully saturated rings. The number of halogens is 2. The van der Waals surface area contributed by atoms with Crippen LogP contribution in [-0.2, 0) is 10.3 Å². The van der Waals surface area contributed by atoms with E-state index in [0.29, 0.717) is 5.56 Å². The van der Waals surface area contributed by atoms with Crippen LogP contribution in [0.15, 0.2) is 42.5 Å². The highest BCUT2D eigenvalue weighted by molar-refractivity contribution is 6.11. The number of benzene rings is 2. The number of ketones is 1. The number of carbonyl (C=O) groups excluding carboxylic acids is 3. The maximum Gasteiger partial charge on any atom is 0.325 e. The minimum atomic E-state index is -1.39. The molecule has 0 radical (unpaired) electrons. The van der Waals surface area contributed by atoms with Crippen molar-refractivity contribution in [2.75, 3.05) is 13.7 Å². The van der Waals surface area contributed by atoms with Crippen LogP contribution in [0.2, 0.25) is 0 Å². The lowest BCUT2D eigenvalue weighted by molar-refractivity contribution is -0.131. The summed E-state index contributed by atoms with van der Waals surface area (Å²) in [5.74, 6) is -2.26. The molecule has 2 aromatic rings. The van der Waals surface area contributed by atoms with Gasteiger partial charge in [0.1, 0.15) is 22.9 Å². The van der Waals surface area contributed by atoms with Crippen molar-refractivity contribution in [1.29, 1.82) is 0 Å². The summed E-state index contributed by atoms with van der Waals surface area (Å²) < 4.78 is 31.8. The van der Waals surface area contributed by atoms with Crippen molar-refractivity contribution in [1.82, 2.24) is 10.2 Å². The molecule has 8 heteroatoms. The molecule has 0 saturated carbocycles. The van der Waals surface area contributed by atoms with E-state index in [1.54, 1.807) is 6.92 Å². The van der Waals surface area contributed by atoms with Gasteiger partial charge in [0.2, 0.25) is 0 Å². The van der Waals surface area contributed by atoms with E-state index < -0.39 is 41.4 Å². The molecular weight excluding hydrogens is 370 g/mol. The summed E-state index contributed by atoms with van der Waals surface area (Å²) in [7, 11) is 1.33. The minimum Gasteiger partial charge on any atom is -0.496 e. The summed E-state index contributed by atoms with van der Waals surface area (Å²) in [5, 5.41) is 2.61. The van der Waals surface area contributed by atoms with Crippen molar-refractivity contribution >= 4 is 17.7 Å². The second-order valence-corrected chi connectivity index (χ2v) is 6.36. The van der Waals surface area contributed by atoms with Gasteiger partial charge in [0, 0.05) is 0 Å². The van der Waals surface area contributed by atoms with E-state index in [1.807, 2.05) is 0 Å². The zero-order chi connectivity index (χ0) is 20.5. The summed E-state index contributed by atoms with van der Waals surface area (Å²) in [6.07, 6.45) is 0.206. The van der Waals surface area contributed by atoms with Crippen LogP contribution < -0.4 is 10.1 Å². The van der Waals surface area contributed by atoms with Crippen LogP contribution in [0.25, 0.3) is 0 Å². The molecule has 1 saturated heterocycles. The fraction of sp³-hybridized carbons (Fsp3) is 0.250. The Morgan fingerprint density at radius 1 is 1.11 bits per heavy atom. The SMILES string of the molecule is CC[C@@]1(c2ccc(F)cc2)NC(=O)N(CC(=O)c2cc(F)ccc2OC)C1=O. The molecule has 28 heavy (non-hydrogen) atoms. The summed E-state index contributed by atoms with van der Waals surface area (Å²) in [6.45, 7) is 1.12. The number of amides is 3. The molecule has 0 bridgehead atoms. The molecule has 2 aromatic carbocycles. The van der Waals surface area contributed by atoms with Gasteiger partial charge in [0.15, 0.2) is 5.78 Å². The first-order valence-corrected chi connectivity index (χ1v) is 8.59. The maximum absolute atomic E-state index is 13.5. The molecule has 3 rings (SSSR count). The van der Waals surface area contributed by atoms with E-state index in [9.17, 15) is 23.2 Å². The number of ether oxygens (including phenoxy) is 1. The number of methoxy groups -OCH3 is 1. The van der Waals surface area contributed by atoms with E-state index >= 15 is 0 Å². The van der Waals surface area contributed by atoms with Crippen LogP contribution in [0.4, 0.5) is 13.6 Å². The molecule has 1 atom stereocenters. The maximum atomic E-state index is 13.5. The molecule has 1 heterocycles. The van der Waals surface area contributed by atoms with Crippen molar-refractivity contribution in [3.8, 4) is 5.75 Å². The summed E-state index contributed by atoms with van der Waals surface area (Å²) in [5.41, 5.74) is -1.05. The summed E-state index contributed by atoms with van der Waals surface area (Å²) in [6, 6.07) is 7.89. The van der Waals surface area contributed by atoms with Gasteiger partial charge in [-0.15, -0.1) is 0 Å². The number of imide groups is 1. The lowest BCUT2D eigenvalue weighted by Gasteiger charge is -2.25. The van der Waals surface area contributed by atoms with Gasteiger partial charge in [-0.25, -0.2) is 13.6 Å². The number of nitrogens with one attached hydrogen (secondary N) is 1. The quantitative estimate of drug-likeness (QED) is 0.610. The van der Waals surface area contributed by atoms with Crippen LogP contribution in [-0.4, -0.2) is 36.3 Å². The van der Waals surface area contributed by atoms with Gasteiger partial charge in [0.05, 0.1) is 19.2 Å². The van der Waals surface area contributed by atoms with E-state index in [4.69, 9.17) is 4.74 Å². The number of hydrogen-bond acceptors (Lipinski definition) is 4. The highest BCUT2D eigenvalue weighted by Gasteiger charge is 2.51. The monoisotopic (exact) mass is 388 g/mol. The molecule has 0 aromatic heterocycles. The molecule has 0 aliphatic carbocycles. The highest BCUT2D eigenvalue weighted by Crippen LogP contribution is 2.33. The predicted molar refractivity (Wildman–Crippen MR) is 95.9 cm³/mol. The van der Waals surface area contributed by atoms with E-state index in [0.717, 1.165) is 17.0 Å². The first-order valence-electron chi connectivity index (χ1n) is 8.59. The number of urea groups is 1. The van der Waals surface area contributed by atoms with Gasteiger partial charge in [-0.1, -0.05) is 19.1 Å². The average Bonchev–Trinajstić information content (AvgIpc) is 2.93. The number of nitrogens with zero attached hydrogens (tertiary/aromatic N) is 1. The molecule has 0 unspecified atom stereocenters. The van der Waals surface area contributed by atoms with Gasteiger partial charge >= 0.3 is 6.03 Å². The summed E-state index contributed by atoms with van der Waals surface area (Å²) >= 11 is 0. The van der Waals surface area contributed by atoms with E-state index in [2.05, 4.69) is 5.32 Å². The van der Waals surface area contributed by atoms with E-state index in [1.165, 1.54) is 37.4 Å². The zero-order valence-electron chi connectivity index (χ0n) is 15.3. The van der Waals surface area contributed by atoms with Crippen LogP contribution >= 0.6 is 0 Å². The van der Waals surface area contributed by atoms with Crippen molar-refractivity contribution in [3.05, 3.63) is 65.2 Å². The molecule has 3 amide bonds. The van der Waals surface area contributed by atoms with Crippen LogP contribution in [0.1, 0.15) is 29.3 Å². The second-order valence-electron chi connectivity index (χ2n) is 6.36. The lowest BCUT2D eigenvalue weighted by Crippen LogP contribution is -2.43. The van der Waals surface area contributed by atoms with Gasteiger partial charge < -0.3 is 10.1 Å². The Bertz CT molecular complexity index is 946. The summed E-state index contributed by atoms with van der Waals surface area (Å²) in [4.78, 5) is 38.9. The van der Waals surface area contributed by atoms with Crippen molar-refractivity contribution in [2.24, 2.45) is 0 Å². The first-order chi connectivity index (χ1) is 13.3. The normalized spacial score (nSPS) is 18.9. The molecule has 1 N–H and O–H groups in total. The van der Waals surface area contributed by atoms with Crippen LogP contribution in [0.3, 0.4) is 0 Å². The zero-order valence-corrected chi connectivity index (χ0v) is 15.3. The number of rotatable bonds is 6. The second kappa shape index (κ2) is 7.38. The standard InChI is InChI=1S/C20H18F2N2O4/c1-3-20(12-4-6-13(21)7-5-12)18(26)24(19(27)23-20)11-16(25)15-10-14(22)8-9-17(15)28-2/h4-10H,3,11H2,1-2H3,(H,23,27)/t20-/m0/s1. The van der Waals surface area contributed by atoms with Crippen molar-refractivity contribution < 1.29 is 27.9 Å². The van der Waals surface area contributed by atoms with Gasteiger partial charge in [-0.3, -0.25) is 14.5 Å². The fourth-order valence-corrected chi connectivity index (χ4v) is 3.27. The van der Waals surface area contributed by atoms with Crippen LogP contribution in [0.5, 0.6) is 5.75 Å². The number of Topliss-reactive ketones (excluding diaryl/α,β-unsaturated/α-hetero) is 1. The third-order valence-corrected chi connectivity index (χ3v) is 4.81. The third-order valence-electron chi connectivity index (χ3n) is 4.81. The molecule has 6 nitrogen and oxygen atoms in total. The van der Waals surface area contributed by atoms with Crippen molar-refractivity contribution in [3.63, 3.8) is 0 Å². The smallest absolute Gasteiger partial charge is 0.325 e. The van der Waals surface area contributed by atoms with E-state index in [-0.39, 0.29) is 17.7 Å². The number of hydrogen-bond donors (Lipinski definition) is 1.